The molecule has 19 aromatic rings. The van der Waals surface area contributed by atoms with Gasteiger partial charge in [-0.3, -0.25) is 0 Å². The van der Waals surface area contributed by atoms with Crippen LogP contribution in [0.15, 0.2) is 358 Å². The van der Waals surface area contributed by atoms with E-state index in [-0.39, 0.29) is 10.8 Å². The van der Waals surface area contributed by atoms with Crippen LogP contribution < -0.4 is 0 Å². The van der Waals surface area contributed by atoms with E-state index in [0.29, 0.717) is 0 Å². The summed E-state index contributed by atoms with van der Waals surface area (Å²) in [5, 5.41) is 7.47. The van der Waals surface area contributed by atoms with Gasteiger partial charge in [-0.1, -0.05) is 282 Å². The van der Waals surface area contributed by atoms with Gasteiger partial charge in [-0.25, -0.2) is 0 Å². The number of aromatic nitrogens is 3. The summed E-state index contributed by atoms with van der Waals surface area (Å²) in [6, 6.07) is 135. The molecule has 3 aromatic heterocycles. The molecule has 498 valence electrons. The van der Waals surface area contributed by atoms with Crippen LogP contribution in [0.3, 0.4) is 0 Å². The van der Waals surface area contributed by atoms with E-state index in [4.69, 9.17) is 0 Å². The van der Waals surface area contributed by atoms with E-state index in [1.807, 2.05) is 0 Å². The quantitative estimate of drug-likeness (QED) is 0.137. The Hall–Kier alpha value is -13.1. The molecular weight excluding hydrogens is 1280 g/mol. The van der Waals surface area contributed by atoms with Crippen LogP contribution in [-0.4, -0.2) is 13.7 Å². The normalized spacial score (nSPS) is 14.1. The Morgan fingerprint density at radius 1 is 0.179 bits per heavy atom. The summed E-state index contributed by atoms with van der Waals surface area (Å²) in [6.45, 7) is 9.55. The molecule has 3 nitrogen and oxygen atoms in total. The van der Waals surface area contributed by atoms with Crippen molar-refractivity contribution in [3.63, 3.8) is 0 Å². The van der Waals surface area contributed by atoms with Crippen molar-refractivity contribution in [3.8, 4) is 95.0 Å². The van der Waals surface area contributed by atoms with Gasteiger partial charge >= 0.3 is 0 Å². The first-order valence-corrected chi connectivity index (χ1v) is 37.3. The zero-order valence-corrected chi connectivity index (χ0v) is 59.4. The lowest BCUT2D eigenvalue weighted by Gasteiger charge is -2.34. The smallest absolute Gasteiger partial charge is 0.0713 e. The van der Waals surface area contributed by atoms with Crippen LogP contribution in [0.2, 0.25) is 0 Å². The Balaban J connectivity index is 0.668. The summed E-state index contributed by atoms with van der Waals surface area (Å²) < 4.78 is 7.55. The van der Waals surface area contributed by atoms with E-state index in [1.165, 1.54) is 177 Å². The molecule has 0 N–H and O–H groups in total. The lowest BCUT2D eigenvalue weighted by Crippen LogP contribution is -2.28. The molecule has 0 spiro atoms. The number of hydrogen-bond donors (Lipinski definition) is 0. The molecule has 0 saturated heterocycles. The molecular formula is C103H71N3. The van der Waals surface area contributed by atoms with E-state index in [9.17, 15) is 0 Å². The van der Waals surface area contributed by atoms with Crippen molar-refractivity contribution in [2.24, 2.45) is 0 Å². The van der Waals surface area contributed by atoms with Crippen molar-refractivity contribution in [2.75, 3.05) is 0 Å². The molecule has 3 aliphatic carbocycles. The molecule has 0 radical (unpaired) electrons. The van der Waals surface area contributed by atoms with Crippen LogP contribution in [-0.2, 0) is 16.2 Å². The molecule has 0 fully saturated rings. The highest BCUT2D eigenvalue weighted by atomic mass is 15.0. The maximum absolute atomic E-state index is 2.53. The third-order valence-corrected chi connectivity index (χ3v) is 24.5. The Kier molecular flexibility index (Phi) is 12.8. The third-order valence-electron chi connectivity index (χ3n) is 24.5. The second-order valence-corrected chi connectivity index (χ2v) is 30.7. The Bertz CT molecular complexity index is 6870. The molecule has 16 aromatic carbocycles. The van der Waals surface area contributed by atoms with Crippen molar-refractivity contribution in [1.82, 2.24) is 13.7 Å². The maximum Gasteiger partial charge on any atom is 0.0713 e. The highest BCUT2D eigenvalue weighted by molar-refractivity contribution is 6.15. The van der Waals surface area contributed by atoms with E-state index < -0.39 is 5.41 Å². The second kappa shape index (κ2) is 22.5. The minimum absolute atomic E-state index is 0.120. The molecule has 22 rings (SSSR count). The Labute approximate surface area is 616 Å². The molecule has 106 heavy (non-hydrogen) atoms. The standard InChI is InChI=1S/C103H71N3/c1-101(2)89-41-19-14-36-77(89)82-58-86-80-39-17-22-44-95(80)104(99(86)62-92(82)101)74-34-24-28-67(53-74)68-29-25-35-75(54-68)105-97-51-50-69(57-85(97)87-59-83-78-37-15-20-42-90(78)102(3,4)93(83)63-100(87)105)65-46-48-66(49-47-65)71-52-70(64-26-8-5-9-27-64)55-76(56-71)106-96-45-23-18-40-81(96)88-60-94-84(61-98(88)106)79-38-16-21-43-91(79)103(94,72-30-10-6-11-31-72)73-32-12-7-13-33-73/h5-63H,1-4H3. The highest BCUT2D eigenvalue weighted by Crippen LogP contribution is 2.59. The molecule has 0 amide bonds. The number of para-hydroxylation sites is 2. The van der Waals surface area contributed by atoms with Gasteiger partial charge in [0.2, 0.25) is 0 Å². The minimum Gasteiger partial charge on any atom is -0.309 e. The fraction of sp³-hybridized carbons (Fsp3) is 0.0680. The summed E-state index contributed by atoms with van der Waals surface area (Å²) in [5.74, 6) is 0. The van der Waals surface area contributed by atoms with E-state index in [2.05, 4.69) is 399 Å². The minimum atomic E-state index is -0.513. The Morgan fingerprint density at radius 3 is 1.08 bits per heavy atom. The van der Waals surface area contributed by atoms with Gasteiger partial charge in [0, 0.05) is 60.2 Å². The molecule has 0 bridgehead atoms. The number of fused-ring (bicyclic) bond motifs is 18. The van der Waals surface area contributed by atoms with Crippen LogP contribution in [0.4, 0.5) is 0 Å². The first-order valence-electron chi connectivity index (χ1n) is 37.3. The number of rotatable bonds is 9. The highest BCUT2D eigenvalue weighted by Gasteiger charge is 2.47. The number of benzene rings is 16. The molecule has 0 aliphatic heterocycles. The monoisotopic (exact) mass is 1350 g/mol. The SMILES string of the molecule is CC1(C)c2ccccc2-c2cc3c4ccccc4n(-c4cccc(-c5cccc(-n6c7ccc(-c8ccc(-c9cc(-c%10ccccc%10)cc(-n%10c%11ccccc%11c%11cc%12c(cc%11%10)-c%10ccccc%10C%12(c%10ccccc%10)c%10ccccc%10)c9)cc8)cc7c7cc8c(cc76)C(C)(C)c6ccccc6-8)c5)c4)c3cc21. The van der Waals surface area contributed by atoms with Crippen molar-refractivity contribution in [1.29, 1.82) is 0 Å². The van der Waals surface area contributed by atoms with Crippen molar-refractivity contribution in [2.45, 2.75) is 43.9 Å². The molecule has 3 heteroatoms. The Morgan fingerprint density at radius 2 is 0.538 bits per heavy atom. The van der Waals surface area contributed by atoms with Crippen LogP contribution in [0.25, 0.3) is 160 Å². The van der Waals surface area contributed by atoms with E-state index in [1.54, 1.807) is 0 Å². The van der Waals surface area contributed by atoms with Gasteiger partial charge in [0.05, 0.1) is 38.5 Å². The van der Waals surface area contributed by atoms with Crippen LogP contribution >= 0.6 is 0 Å². The average molecular weight is 1350 g/mol. The third kappa shape index (κ3) is 8.57. The molecule has 0 unspecified atom stereocenters. The fourth-order valence-electron chi connectivity index (χ4n) is 19.5. The topological polar surface area (TPSA) is 14.8 Å². The second-order valence-electron chi connectivity index (χ2n) is 30.7. The molecule has 3 heterocycles. The first kappa shape index (κ1) is 60.5. The van der Waals surface area contributed by atoms with Gasteiger partial charge in [-0.15, -0.1) is 0 Å². The fourth-order valence-corrected chi connectivity index (χ4v) is 19.5. The van der Waals surface area contributed by atoms with Gasteiger partial charge in [-0.2, -0.15) is 0 Å². The van der Waals surface area contributed by atoms with E-state index in [0.717, 1.165) is 28.2 Å². The van der Waals surface area contributed by atoms with Gasteiger partial charge < -0.3 is 13.7 Å². The first-order chi connectivity index (χ1) is 52.1. The molecule has 0 atom stereocenters. The number of hydrogen-bond acceptors (Lipinski definition) is 0. The van der Waals surface area contributed by atoms with Crippen LogP contribution in [0.1, 0.15) is 72.2 Å². The van der Waals surface area contributed by atoms with Gasteiger partial charge in [-0.05, 0) is 226 Å². The van der Waals surface area contributed by atoms with Crippen molar-refractivity contribution < 1.29 is 0 Å². The summed E-state index contributed by atoms with van der Waals surface area (Å²) >= 11 is 0. The van der Waals surface area contributed by atoms with Crippen LogP contribution in [0, 0.1) is 0 Å². The summed E-state index contributed by atoms with van der Waals surface area (Å²) in [7, 11) is 0. The van der Waals surface area contributed by atoms with Gasteiger partial charge in [0.25, 0.3) is 0 Å². The van der Waals surface area contributed by atoms with Crippen molar-refractivity contribution >= 4 is 65.4 Å². The molecule has 3 aliphatic rings. The lowest BCUT2D eigenvalue weighted by molar-refractivity contribution is 0.661. The predicted octanol–water partition coefficient (Wildman–Crippen LogP) is 26.6. The lowest BCUT2D eigenvalue weighted by atomic mass is 9.67. The summed E-state index contributed by atoms with van der Waals surface area (Å²) in [6.07, 6.45) is 0. The van der Waals surface area contributed by atoms with Crippen LogP contribution in [0.5, 0.6) is 0 Å². The zero-order chi connectivity index (χ0) is 70.3. The van der Waals surface area contributed by atoms with Gasteiger partial charge in [0.1, 0.15) is 0 Å². The summed E-state index contributed by atoms with van der Waals surface area (Å²) in [5.41, 5.74) is 37.6. The molecule has 0 saturated carbocycles. The zero-order valence-electron chi connectivity index (χ0n) is 59.4. The van der Waals surface area contributed by atoms with Gasteiger partial charge in [0.15, 0.2) is 0 Å². The predicted molar refractivity (Wildman–Crippen MR) is 444 cm³/mol. The van der Waals surface area contributed by atoms with Crippen molar-refractivity contribution in [3.05, 3.63) is 402 Å². The summed E-state index contributed by atoms with van der Waals surface area (Å²) in [4.78, 5) is 0. The largest absolute Gasteiger partial charge is 0.309 e. The maximum atomic E-state index is 2.53. The number of nitrogens with zero attached hydrogens (tertiary/aromatic N) is 3. The average Bonchev–Trinajstić information content (AvgIpc) is 1.53. The van der Waals surface area contributed by atoms with E-state index >= 15 is 0 Å².